The Balaban J connectivity index is 2.07. The molecule has 5 heteroatoms. The normalized spacial score (nSPS) is 10.3. The summed E-state index contributed by atoms with van der Waals surface area (Å²) in [6.07, 6.45) is 3.43. The van der Waals surface area contributed by atoms with Crippen molar-refractivity contribution in [2.75, 3.05) is 0 Å². The van der Waals surface area contributed by atoms with Crippen molar-refractivity contribution < 1.29 is 4.84 Å². The second kappa shape index (κ2) is 4.81. The highest BCUT2D eigenvalue weighted by atomic mass is 79.9. The maximum absolute atomic E-state index is 5.42. The summed E-state index contributed by atoms with van der Waals surface area (Å²) in [5, 5.41) is 3.95. The fourth-order valence-corrected chi connectivity index (χ4v) is 1.89. The lowest BCUT2D eigenvalue weighted by Crippen LogP contribution is -2.11. The zero-order valence-corrected chi connectivity index (χ0v) is 10.9. The molecule has 0 amide bonds. The summed E-state index contributed by atoms with van der Waals surface area (Å²) in [6.45, 7) is 0.474. The maximum atomic E-state index is 5.42. The van der Waals surface area contributed by atoms with Crippen LogP contribution in [0.15, 0.2) is 45.6 Å². The molecule has 1 aromatic heterocycles. The topological polar surface area (TPSA) is 27.1 Å². The van der Waals surface area contributed by atoms with Gasteiger partial charge in [0, 0.05) is 14.5 Å². The van der Waals surface area contributed by atoms with E-state index in [2.05, 4.69) is 37.0 Å². The Kier molecular flexibility index (Phi) is 3.43. The molecule has 0 unspecified atom stereocenters. The molecule has 0 radical (unpaired) electrons. The molecule has 2 rings (SSSR count). The van der Waals surface area contributed by atoms with Gasteiger partial charge in [0.1, 0.15) is 6.61 Å². The standard InChI is InChI=1S/C10H8Br2N2O/c11-9-2-3-10(12)8(6-9)7-15-14-5-1-4-13-14/h1-6H,7H2. The van der Waals surface area contributed by atoms with E-state index in [4.69, 9.17) is 4.84 Å². The monoisotopic (exact) mass is 330 g/mol. The largest absolute Gasteiger partial charge is 0.392 e. The summed E-state index contributed by atoms with van der Waals surface area (Å²) in [7, 11) is 0. The molecule has 3 nitrogen and oxygen atoms in total. The Morgan fingerprint density at radius 3 is 2.93 bits per heavy atom. The van der Waals surface area contributed by atoms with Crippen molar-refractivity contribution in [2.45, 2.75) is 6.61 Å². The molecule has 0 bridgehead atoms. The molecule has 0 saturated carbocycles. The van der Waals surface area contributed by atoms with E-state index in [9.17, 15) is 0 Å². The zero-order valence-electron chi connectivity index (χ0n) is 7.73. The van der Waals surface area contributed by atoms with Gasteiger partial charge in [-0.15, -0.1) is 9.94 Å². The number of rotatable bonds is 3. The summed E-state index contributed by atoms with van der Waals surface area (Å²) in [6, 6.07) is 7.77. The first kappa shape index (κ1) is 10.7. The fraction of sp³-hybridized carbons (Fsp3) is 0.100. The molecule has 0 fully saturated rings. The van der Waals surface area contributed by atoms with Gasteiger partial charge in [0.25, 0.3) is 0 Å². The third-order valence-electron chi connectivity index (χ3n) is 1.84. The highest BCUT2D eigenvalue weighted by Crippen LogP contribution is 2.21. The Morgan fingerprint density at radius 2 is 2.20 bits per heavy atom. The molecule has 0 saturated heterocycles. The maximum Gasteiger partial charge on any atom is 0.143 e. The molecule has 1 aromatic carbocycles. The van der Waals surface area contributed by atoms with E-state index in [0.29, 0.717) is 6.61 Å². The number of hydrogen-bond donors (Lipinski definition) is 0. The first-order valence-electron chi connectivity index (χ1n) is 4.32. The van der Waals surface area contributed by atoms with Crippen LogP contribution in [0, 0.1) is 0 Å². The molecule has 0 spiro atoms. The second-order valence-electron chi connectivity index (χ2n) is 2.92. The molecule has 2 aromatic rings. The van der Waals surface area contributed by atoms with Gasteiger partial charge in [0.05, 0.1) is 12.4 Å². The second-order valence-corrected chi connectivity index (χ2v) is 4.69. The van der Waals surface area contributed by atoms with Crippen LogP contribution in [0.4, 0.5) is 0 Å². The molecule has 0 aliphatic rings. The summed E-state index contributed by atoms with van der Waals surface area (Å²) in [5.74, 6) is 0. The van der Waals surface area contributed by atoms with Gasteiger partial charge in [-0.3, -0.25) is 0 Å². The zero-order chi connectivity index (χ0) is 10.7. The van der Waals surface area contributed by atoms with Gasteiger partial charge >= 0.3 is 0 Å². The fourth-order valence-electron chi connectivity index (χ4n) is 1.12. The number of halogens is 2. The van der Waals surface area contributed by atoms with Crippen LogP contribution in [-0.4, -0.2) is 9.94 Å². The van der Waals surface area contributed by atoms with Gasteiger partial charge in [-0.2, -0.15) is 0 Å². The van der Waals surface area contributed by atoms with Crippen LogP contribution < -0.4 is 4.84 Å². The van der Waals surface area contributed by atoms with Crippen molar-refractivity contribution in [3.63, 3.8) is 0 Å². The average molecular weight is 332 g/mol. The van der Waals surface area contributed by atoms with E-state index in [1.54, 1.807) is 12.4 Å². The van der Waals surface area contributed by atoms with Crippen LogP contribution >= 0.6 is 31.9 Å². The van der Waals surface area contributed by atoms with Crippen molar-refractivity contribution in [1.29, 1.82) is 0 Å². The van der Waals surface area contributed by atoms with Gasteiger partial charge < -0.3 is 4.84 Å². The van der Waals surface area contributed by atoms with Gasteiger partial charge in [0.2, 0.25) is 0 Å². The first-order valence-corrected chi connectivity index (χ1v) is 5.91. The number of hydrogen-bond acceptors (Lipinski definition) is 2. The van der Waals surface area contributed by atoms with E-state index in [-0.39, 0.29) is 0 Å². The minimum absolute atomic E-state index is 0.474. The first-order chi connectivity index (χ1) is 7.25. The molecule has 78 valence electrons. The Hall–Kier alpha value is -0.810. The van der Waals surface area contributed by atoms with Crippen molar-refractivity contribution in [1.82, 2.24) is 9.94 Å². The highest BCUT2D eigenvalue weighted by molar-refractivity contribution is 9.11. The lowest BCUT2D eigenvalue weighted by atomic mass is 10.2. The van der Waals surface area contributed by atoms with E-state index in [0.717, 1.165) is 14.5 Å². The van der Waals surface area contributed by atoms with E-state index in [1.807, 2.05) is 24.3 Å². The Morgan fingerprint density at radius 1 is 1.33 bits per heavy atom. The van der Waals surface area contributed by atoms with Crippen molar-refractivity contribution >= 4 is 31.9 Å². The number of benzene rings is 1. The minimum Gasteiger partial charge on any atom is -0.392 e. The van der Waals surface area contributed by atoms with Gasteiger partial charge in [-0.25, -0.2) is 0 Å². The van der Waals surface area contributed by atoms with Crippen LogP contribution in [0.3, 0.4) is 0 Å². The van der Waals surface area contributed by atoms with E-state index < -0.39 is 0 Å². The summed E-state index contributed by atoms with van der Waals surface area (Å²) in [4.78, 5) is 6.86. The molecular formula is C10H8Br2N2O. The number of nitrogens with zero attached hydrogens (tertiary/aromatic N) is 2. The summed E-state index contributed by atoms with van der Waals surface area (Å²) in [5.41, 5.74) is 1.07. The molecule has 1 heterocycles. The number of aromatic nitrogens is 2. The predicted molar refractivity (Wildman–Crippen MR) is 64.4 cm³/mol. The predicted octanol–water partition coefficient (Wildman–Crippen LogP) is 3.04. The lowest BCUT2D eigenvalue weighted by molar-refractivity contribution is 0.0697. The van der Waals surface area contributed by atoms with E-state index >= 15 is 0 Å². The third kappa shape index (κ3) is 2.82. The molecule has 0 aliphatic heterocycles. The Labute approximate surface area is 104 Å². The third-order valence-corrected chi connectivity index (χ3v) is 3.11. The summed E-state index contributed by atoms with van der Waals surface area (Å²) >= 11 is 6.88. The van der Waals surface area contributed by atoms with Crippen molar-refractivity contribution in [2.24, 2.45) is 0 Å². The molecule has 0 atom stereocenters. The molecular weight excluding hydrogens is 324 g/mol. The van der Waals surface area contributed by atoms with Gasteiger partial charge in [-0.1, -0.05) is 31.9 Å². The van der Waals surface area contributed by atoms with Crippen molar-refractivity contribution in [3.05, 3.63) is 51.2 Å². The minimum atomic E-state index is 0.474. The SMILES string of the molecule is Brc1ccc(Br)c(COn2cccn2)c1. The smallest absolute Gasteiger partial charge is 0.143 e. The van der Waals surface area contributed by atoms with Crippen LogP contribution in [-0.2, 0) is 6.61 Å². The van der Waals surface area contributed by atoms with E-state index in [1.165, 1.54) is 4.85 Å². The highest BCUT2D eigenvalue weighted by Gasteiger charge is 2.01. The van der Waals surface area contributed by atoms with Crippen LogP contribution in [0.5, 0.6) is 0 Å². The lowest BCUT2D eigenvalue weighted by Gasteiger charge is -2.07. The molecule has 15 heavy (non-hydrogen) atoms. The summed E-state index contributed by atoms with van der Waals surface area (Å²) < 4.78 is 2.06. The molecule has 0 aliphatic carbocycles. The Bertz CT molecular complexity index is 443. The van der Waals surface area contributed by atoms with Crippen LogP contribution in [0.2, 0.25) is 0 Å². The van der Waals surface area contributed by atoms with Gasteiger partial charge in [-0.05, 0) is 24.3 Å². The average Bonchev–Trinajstić information content (AvgIpc) is 2.72. The van der Waals surface area contributed by atoms with Crippen molar-refractivity contribution in [3.8, 4) is 0 Å². The van der Waals surface area contributed by atoms with Crippen LogP contribution in [0.1, 0.15) is 5.56 Å². The molecule has 0 N–H and O–H groups in total. The van der Waals surface area contributed by atoms with Crippen LogP contribution in [0.25, 0.3) is 0 Å². The quantitative estimate of drug-likeness (QED) is 0.864. The van der Waals surface area contributed by atoms with Gasteiger partial charge in [0.15, 0.2) is 0 Å².